The number of hydrogen-bond donors (Lipinski definition) is 2. The molecule has 7 nitrogen and oxygen atoms in total. The maximum absolute atomic E-state index is 13.4. The van der Waals surface area contributed by atoms with Crippen molar-refractivity contribution in [3.63, 3.8) is 0 Å². The molecule has 0 aromatic heterocycles. The predicted octanol–water partition coefficient (Wildman–Crippen LogP) is 4.37. The normalized spacial score (nSPS) is 28.2. The van der Waals surface area contributed by atoms with Gasteiger partial charge in [-0.15, -0.1) is 0 Å². The zero-order chi connectivity index (χ0) is 25.8. The van der Waals surface area contributed by atoms with Crippen LogP contribution < -0.4 is 4.74 Å². The molecule has 4 rings (SSSR count). The van der Waals surface area contributed by atoms with Gasteiger partial charge in [0.05, 0.1) is 0 Å². The molecule has 36 heavy (non-hydrogen) atoms. The van der Waals surface area contributed by atoms with Crippen LogP contribution in [0.4, 0.5) is 0 Å². The molecule has 0 bridgehead atoms. The minimum atomic E-state index is -1.04. The Balaban J connectivity index is 1.64. The Kier molecular flexibility index (Phi) is 8.32. The lowest BCUT2D eigenvalue weighted by atomic mass is 9.86. The van der Waals surface area contributed by atoms with Gasteiger partial charge in [-0.1, -0.05) is 37.6 Å². The maximum Gasteiger partial charge on any atom is 0.254 e. The Morgan fingerprint density at radius 1 is 1.17 bits per heavy atom. The summed E-state index contributed by atoms with van der Waals surface area (Å²) in [5, 5.41) is 20.1. The molecule has 2 heterocycles. The van der Waals surface area contributed by atoms with Crippen LogP contribution >= 0.6 is 0 Å². The zero-order valence-electron chi connectivity index (χ0n) is 21.9. The number of rotatable bonds is 7. The van der Waals surface area contributed by atoms with Crippen molar-refractivity contribution in [3.8, 4) is 5.75 Å². The monoisotopic (exact) mass is 493 g/mol. The van der Waals surface area contributed by atoms with E-state index in [1.807, 2.05) is 37.5 Å². The Labute approximate surface area is 214 Å². The van der Waals surface area contributed by atoms with Gasteiger partial charge >= 0.3 is 0 Å². The fourth-order valence-corrected chi connectivity index (χ4v) is 5.05. The Morgan fingerprint density at radius 3 is 2.61 bits per heavy atom. The summed E-state index contributed by atoms with van der Waals surface area (Å²) in [5.41, 5.74) is 3.80. The van der Waals surface area contributed by atoms with E-state index < -0.39 is 6.35 Å². The Bertz CT molecular complexity index is 1070. The van der Waals surface area contributed by atoms with Crippen molar-refractivity contribution in [2.45, 2.75) is 59.2 Å². The molecular formula is C29H39N3O4. The van der Waals surface area contributed by atoms with E-state index in [0.29, 0.717) is 37.6 Å². The van der Waals surface area contributed by atoms with Crippen LogP contribution in [-0.2, 0) is 4.79 Å². The summed E-state index contributed by atoms with van der Waals surface area (Å²) in [4.78, 5) is 21.3. The third-order valence-electron chi connectivity index (χ3n) is 7.59. The minimum absolute atomic E-state index is 0.0245. The van der Waals surface area contributed by atoms with Gasteiger partial charge in [0.1, 0.15) is 11.5 Å². The maximum atomic E-state index is 13.4. The van der Waals surface area contributed by atoms with Gasteiger partial charge in [0.2, 0.25) is 6.35 Å². The topological polar surface area (TPSA) is 85.6 Å². The summed E-state index contributed by atoms with van der Waals surface area (Å²) in [6.07, 6.45) is 8.30. The number of aliphatic hydroxyl groups excluding tert-OH is 2. The first-order valence-corrected chi connectivity index (χ1v) is 13.0. The van der Waals surface area contributed by atoms with Crippen molar-refractivity contribution < 1.29 is 19.7 Å². The summed E-state index contributed by atoms with van der Waals surface area (Å²) in [6.45, 7) is 6.74. The summed E-state index contributed by atoms with van der Waals surface area (Å²) in [5.74, 6) is 2.45. The Morgan fingerprint density at radius 2 is 1.92 bits per heavy atom. The highest BCUT2D eigenvalue weighted by Gasteiger charge is 2.37. The van der Waals surface area contributed by atoms with Crippen LogP contribution in [0.3, 0.4) is 0 Å². The fourth-order valence-electron chi connectivity index (χ4n) is 5.05. The molecule has 0 saturated heterocycles. The van der Waals surface area contributed by atoms with E-state index >= 15 is 0 Å². The third kappa shape index (κ3) is 5.73. The highest BCUT2D eigenvalue weighted by atomic mass is 16.5. The van der Waals surface area contributed by atoms with Crippen molar-refractivity contribution >= 4 is 12.1 Å². The van der Waals surface area contributed by atoms with Gasteiger partial charge in [0.15, 0.2) is 0 Å². The second-order valence-corrected chi connectivity index (χ2v) is 10.3. The number of allylic oxidation sites excluding steroid dienone is 4. The highest BCUT2D eigenvalue weighted by molar-refractivity contribution is 5.95. The van der Waals surface area contributed by atoms with Crippen LogP contribution in [0.25, 0.3) is 0 Å². The molecule has 2 N–H and O–H groups in total. The van der Waals surface area contributed by atoms with Crippen LogP contribution in [0, 0.1) is 24.7 Å². The number of carbonyl (C=O) groups excluding carboxylic acids is 1. The van der Waals surface area contributed by atoms with Gasteiger partial charge in [-0.25, -0.2) is 0 Å². The first kappa shape index (κ1) is 26.2. The highest BCUT2D eigenvalue weighted by Crippen LogP contribution is 2.37. The van der Waals surface area contributed by atoms with E-state index in [4.69, 9.17) is 9.73 Å². The minimum Gasteiger partial charge on any atom is -0.462 e. The van der Waals surface area contributed by atoms with Gasteiger partial charge in [-0.05, 0) is 62.7 Å². The molecule has 7 heteroatoms. The average Bonchev–Trinajstić information content (AvgIpc) is 2.85. The molecule has 4 atom stereocenters. The van der Waals surface area contributed by atoms with Crippen molar-refractivity contribution in [2.24, 2.45) is 22.7 Å². The molecule has 4 unspecified atom stereocenters. The largest absolute Gasteiger partial charge is 0.462 e. The number of ether oxygens (including phenoxy) is 1. The quantitative estimate of drug-likeness (QED) is 0.589. The second kappa shape index (κ2) is 11.4. The average molecular weight is 494 g/mol. The fraction of sp³-hybridized carbons (Fsp3) is 0.517. The van der Waals surface area contributed by atoms with Crippen LogP contribution in [0.1, 0.15) is 51.5 Å². The van der Waals surface area contributed by atoms with Crippen molar-refractivity contribution in [3.05, 3.63) is 64.7 Å². The molecule has 1 aromatic rings. The van der Waals surface area contributed by atoms with Crippen LogP contribution in [0.5, 0.6) is 5.75 Å². The van der Waals surface area contributed by atoms with E-state index in [2.05, 4.69) is 32.9 Å². The molecular weight excluding hydrogens is 454 g/mol. The van der Waals surface area contributed by atoms with Crippen molar-refractivity contribution in [1.29, 1.82) is 0 Å². The lowest BCUT2D eigenvalue weighted by Crippen LogP contribution is -2.54. The number of aliphatic imine (C=N–C) groups is 1. The van der Waals surface area contributed by atoms with Gasteiger partial charge < -0.3 is 19.8 Å². The molecule has 0 spiro atoms. The summed E-state index contributed by atoms with van der Waals surface area (Å²) in [6, 6.07) is 8.04. The molecule has 2 aliphatic heterocycles. The number of carbonyl (C=O) groups is 1. The van der Waals surface area contributed by atoms with Gasteiger partial charge in [0, 0.05) is 55.7 Å². The SMILES string of the molecule is Cc1ccc(O/C2=C/CC3=C(CCC2CC2=CC(C)C(C)C=N2)C(=O)N(CCCO)C(O)N3C)cc1. The zero-order valence-corrected chi connectivity index (χ0v) is 21.9. The molecule has 0 radical (unpaired) electrons. The third-order valence-corrected chi connectivity index (χ3v) is 7.59. The number of benzene rings is 1. The predicted molar refractivity (Wildman–Crippen MR) is 141 cm³/mol. The van der Waals surface area contributed by atoms with E-state index in [1.165, 1.54) is 10.5 Å². The van der Waals surface area contributed by atoms with Crippen molar-refractivity contribution in [2.75, 3.05) is 20.2 Å². The van der Waals surface area contributed by atoms with E-state index in [-0.39, 0.29) is 18.4 Å². The van der Waals surface area contributed by atoms with Gasteiger partial charge in [-0.3, -0.25) is 14.7 Å². The second-order valence-electron chi connectivity index (χ2n) is 10.3. The molecule has 0 saturated carbocycles. The smallest absolute Gasteiger partial charge is 0.254 e. The standard InChI is InChI=1S/C29H39N3O4/c1-19-6-9-24(10-7-19)36-27-13-12-26-25(28(34)32(14-5-15-33)29(35)31(26)4)11-8-22(27)17-23-16-20(2)21(3)18-30-23/h6-7,9-10,13,16,18,20-22,29,33,35H,5,8,11-12,14-15,17H2,1-4H3/b27-13+. The summed E-state index contributed by atoms with van der Waals surface area (Å²) >= 11 is 0. The van der Waals surface area contributed by atoms with E-state index in [1.54, 1.807) is 4.90 Å². The van der Waals surface area contributed by atoms with Crippen LogP contribution in [0.15, 0.2) is 64.1 Å². The van der Waals surface area contributed by atoms with E-state index in [0.717, 1.165) is 41.3 Å². The first-order chi connectivity index (χ1) is 17.3. The van der Waals surface area contributed by atoms with Crippen LogP contribution in [-0.4, -0.2) is 58.7 Å². The molecule has 1 aromatic carbocycles. The first-order valence-electron chi connectivity index (χ1n) is 13.0. The molecule has 1 aliphatic carbocycles. The Hall–Kier alpha value is -2.90. The van der Waals surface area contributed by atoms with Gasteiger partial charge in [0.25, 0.3) is 5.91 Å². The lowest BCUT2D eigenvalue weighted by molar-refractivity contribution is -0.154. The number of nitrogens with zero attached hydrogens (tertiary/aromatic N) is 3. The number of aryl methyl sites for hydroxylation is 1. The van der Waals surface area contributed by atoms with Crippen LogP contribution in [0.2, 0.25) is 0 Å². The number of hydrogen-bond acceptors (Lipinski definition) is 6. The molecule has 194 valence electrons. The van der Waals surface area contributed by atoms with E-state index in [9.17, 15) is 15.0 Å². The molecule has 0 fully saturated rings. The van der Waals surface area contributed by atoms with Crippen molar-refractivity contribution in [1.82, 2.24) is 9.80 Å². The number of amides is 1. The summed E-state index contributed by atoms with van der Waals surface area (Å²) < 4.78 is 6.45. The number of aliphatic hydroxyl groups is 2. The van der Waals surface area contributed by atoms with Gasteiger partial charge in [-0.2, -0.15) is 0 Å². The summed E-state index contributed by atoms with van der Waals surface area (Å²) in [7, 11) is 1.82. The lowest BCUT2D eigenvalue weighted by Gasteiger charge is -2.42. The molecule has 3 aliphatic rings. The molecule has 1 amide bonds.